The normalized spacial score (nSPS) is 15.6. The zero-order valence-corrected chi connectivity index (χ0v) is 21.7. The van der Waals surface area contributed by atoms with Gasteiger partial charge >= 0.3 is 0 Å². The minimum absolute atomic E-state index is 0.00358. The van der Waals surface area contributed by atoms with Crippen molar-refractivity contribution >= 4 is 28.6 Å². The highest BCUT2D eigenvalue weighted by molar-refractivity contribution is 5.94. The highest BCUT2D eigenvalue weighted by Gasteiger charge is 2.29. The van der Waals surface area contributed by atoms with E-state index in [0.29, 0.717) is 36.6 Å². The molecule has 3 heterocycles. The molecule has 1 aliphatic heterocycles. The molecule has 4 aromatic rings. The third kappa shape index (κ3) is 5.12. The van der Waals surface area contributed by atoms with Gasteiger partial charge in [-0.25, -0.2) is 9.97 Å². The Labute approximate surface area is 217 Å². The summed E-state index contributed by atoms with van der Waals surface area (Å²) in [7, 11) is 0. The van der Waals surface area contributed by atoms with Crippen molar-refractivity contribution in [3.8, 4) is 0 Å². The molecule has 2 aromatic heterocycles. The Morgan fingerprint density at radius 2 is 1.89 bits per heavy atom. The van der Waals surface area contributed by atoms with Crippen molar-refractivity contribution in [2.75, 3.05) is 23.3 Å². The minimum Gasteiger partial charge on any atom is -0.351 e. The van der Waals surface area contributed by atoms with Gasteiger partial charge in [0.15, 0.2) is 11.5 Å². The van der Waals surface area contributed by atoms with Crippen LogP contribution in [0.1, 0.15) is 42.0 Å². The third-order valence-electron chi connectivity index (χ3n) is 7.23. The number of carbonyl (C=O) groups is 1. The third-order valence-corrected chi connectivity index (χ3v) is 7.23. The Hall–Kier alpha value is -4.00. The van der Waals surface area contributed by atoms with Crippen LogP contribution in [0.3, 0.4) is 0 Å². The average Bonchev–Trinajstić information content (AvgIpc) is 2.92. The molecule has 0 unspecified atom stereocenters. The first-order valence-electron chi connectivity index (χ1n) is 13.0. The molecule has 0 aliphatic carbocycles. The van der Waals surface area contributed by atoms with E-state index in [1.54, 1.807) is 10.8 Å². The molecule has 0 saturated carbocycles. The van der Waals surface area contributed by atoms with E-state index >= 15 is 0 Å². The molecule has 0 bridgehead atoms. The molecule has 1 amide bonds. The summed E-state index contributed by atoms with van der Waals surface area (Å²) in [6, 6.07) is 18.0. The fourth-order valence-corrected chi connectivity index (χ4v) is 5.10. The van der Waals surface area contributed by atoms with Crippen molar-refractivity contribution in [3.05, 3.63) is 93.4 Å². The van der Waals surface area contributed by atoms with Crippen molar-refractivity contribution in [1.29, 1.82) is 0 Å². The summed E-state index contributed by atoms with van der Waals surface area (Å²) in [6.45, 7) is 7.71. The molecule has 1 fully saturated rings. The van der Waals surface area contributed by atoms with E-state index in [1.165, 1.54) is 5.56 Å². The second-order valence-corrected chi connectivity index (χ2v) is 9.90. The number of rotatable bonds is 6. The number of amides is 1. The molecule has 7 nitrogen and oxygen atoms in total. The number of carbonyl (C=O) groups excluding carboxylic acids is 1. The molecular weight excluding hydrogens is 462 g/mol. The molecule has 190 valence electrons. The molecule has 5 rings (SSSR count). The molecule has 1 N–H and O–H groups in total. The second kappa shape index (κ2) is 10.5. The molecule has 1 aliphatic rings. The smallest absolute Gasteiger partial charge is 0.295 e. The van der Waals surface area contributed by atoms with Gasteiger partial charge in [-0.15, -0.1) is 0 Å². The first-order valence-corrected chi connectivity index (χ1v) is 13.0. The molecule has 1 saturated heterocycles. The number of anilines is 2. The van der Waals surface area contributed by atoms with Crippen LogP contribution in [0, 0.1) is 19.8 Å². The van der Waals surface area contributed by atoms with Crippen molar-refractivity contribution < 1.29 is 4.79 Å². The summed E-state index contributed by atoms with van der Waals surface area (Å²) in [6.07, 6.45) is 4.13. The van der Waals surface area contributed by atoms with Gasteiger partial charge in [0.25, 0.3) is 5.56 Å². The second-order valence-electron chi connectivity index (χ2n) is 9.90. The Bertz CT molecular complexity index is 1490. The largest absolute Gasteiger partial charge is 0.351 e. The van der Waals surface area contributed by atoms with Gasteiger partial charge in [-0.3, -0.25) is 14.2 Å². The first kappa shape index (κ1) is 24.7. The molecule has 7 heteroatoms. The van der Waals surface area contributed by atoms with Crippen LogP contribution in [-0.4, -0.2) is 33.5 Å². The molecule has 0 spiro atoms. The van der Waals surface area contributed by atoms with E-state index < -0.39 is 0 Å². The number of aryl methyl sites for hydroxylation is 3. The van der Waals surface area contributed by atoms with Gasteiger partial charge in [0.1, 0.15) is 5.52 Å². The van der Waals surface area contributed by atoms with Crippen molar-refractivity contribution in [3.63, 3.8) is 0 Å². The lowest BCUT2D eigenvalue weighted by Crippen LogP contribution is -2.44. The summed E-state index contributed by atoms with van der Waals surface area (Å²) in [5, 5.41) is 3.18. The number of aromatic nitrogens is 3. The summed E-state index contributed by atoms with van der Waals surface area (Å²) < 4.78 is 1.70. The Kier molecular flexibility index (Phi) is 7.04. The molecule has 2 aromatic carbocycles. The Morgan fingerprint density at radius 3 is 2.68 bits per heavy atom. The van der Waals surface area contributed by atoms with E-state index in [0.717, 1.165) is 41.6 Å². The number of fused-ring (bicyclic) bond motifs is 1. The SMILES string of the molecule is CCc1cccc(C)c1NC(=O)[C@@H]1CCCN(c2nc3cccnc3n(Cc3ccc(C)cc3)c2=O)C1. The van der Waals surface area contributed by atoms with Crippen molar-refractivity contribution in [2.45, 2.75) is 46.6 Å². The van der Waals surface area contributed by atoms with Crippen molar-refractivity contribution in [2.24, 2.45) is 5.92 Å². The predicted molar refractivity (Wildman–Crippen MR) is 148 cm³/mol. The van der Waals surface area contributed by atoms with Crippen LogP contribution in [0.2, 0.25) is 0 Å². The van der Waals surface area contributed by atoms with Crippen molar-refractivity contribution in [1.82, 2.24) is 14.5 Å². The van der Waals surface area contributed by atoms with Gasteiger partial charge < -0.3 is 10.2 Å². The minimum atomic E-state index is -0.227. The lowest BCUT2D eigenvalue weighted by atomic mass is 9.96. The van der Waals surface area contributed by atoms with E-state index in [1.807, 2.05) is 67.3 Å². The summed E-state index contributed by atoms with van der Waals surface area (Å²) in [5.41, 5.74) is 6.34. The fourth-order valence-electron chi connectivity index (χ4n) is 5.10. The van der Waals surface area contributed by atoms with E-state index in [9.17, 15) is 9.59 Å². The number of hydrogen-bond donors (Lipinski definition) is 1. The maximum Gasteiger partial charge on any atom is 0.295 e. The highest BCUT2D eigenvalue weighted by atomic mass is 16.2. The maximum absolute atomic E-state index is 13.8. The molecule has 37 heavy (non-hydrogen) atoms. The van der Waals surface area contributed by atoms with Crippen LogP contribution in [0.5, 0.6) is 0 Å². The van der Waals surface area contributed by atoms with Crippen LogP contribution in [0.15, 0.2) is 65.6 Å². The van der Waals surface area contributed by atoms with Crippen LogP contribution >= 0.6 is 0 Å². The number of piperidine rings is 1. The van der Waals surface area contributed by atoms with Gasteiger partial charge in [0, 0.05) is 25.0 Å². The lowest BCUT2D eigenvalue weighted by molar-refractivity contribution is -0.120. The van der Waals surface area contributed by atoms with Gasteiger partial charge in [0.2, 0.25) is 5.91 Å². The van der Waals surface area contributed by atoms with E-state index in [4.69, 9.17) is 4.98 Å². The highest BCUT2D eigenvalue weighted by Crippen LogP contribution is 2.26. The Balaban J connectivity index is 1.45. The monoisotopic (exact) mass is 495 g/mol. The van der Waals surface area contributed by atoms with Gasteiger partial charge in [-0.05, 0) is 61.9 Å². The fraction of sp³-hybridized carbons (Fsp3) is 0.333. The summed E-state index contributed by atoms with van der Waals surface area (Å²) >= 11 is 0. The van der Waals surface area contributed by atoms with Gasteiger partial charge in [-0.1, -0.05) is 55.0 Å². The molecule has 1 atom stereocenters. The zero-order chi connectivity index (χ0) is 25.9. The number of pyridine rings is 1. The average molecular weight is 496 g/mol. The maximum atomic E-state index is 13.8. The zero-order valence-electron chi connectivity index (χ0n) is 21.7. The number of hydrogen-bond acceptors (Lipinski definition) is 5. The quantitative estimate of drug-likeness (QED) is 0.413. The predicted octanol–water partition coefficient (Wildman–Crippen LogP) is 4.87. The number of benzene rings is 2. The molecule has 0 radical (unpaired) electrons. The Morgan fingerprint density at radius 1 is 1.08 bits per heavy atom. The number of nitrogens with one attached hydrogen (secondary N) is 1. The van der Waals surface area contributed by atoms with E-state index in [-0.39, 0.29) is 17.4 Å². The van der Waals surface area contributed by atoms with Crippen LogP contribution < -0.4 is 15.8 Å². The van der Waals surface area contributed by atoms with E-state index in [2.05, 4.69) is 23.3 Å². The molecular formula is C30H33N5O2. The van der Waals surface area contributed by atoms with Crippen LogP contribution in [-0.2, 0) is 17.8 Å². The number of para-hydroxylation sites is 1. The standard InChI is InChI=1S/C30H33N5O2/c1-4-23-9-5-8-21(3)26(23)33-29(36)24-10-7-17-34(19-24)28-30(37)35(18-22-14-12-20(2)13-15-22)27-25(32-28)11-6-16-31-27/h5-6,8-9,11-16,24H,4,7,10,17-19H2,1-3H3,(H,33,36)/t24-/m1/s1. The number of nitrogens with zero attached hydrogens (tertiary/aromatic N) is 4. The lowest BCUT2D eigenvalue weighted by Gasteiger charge is -2.33. The topological polar surface area (TPSA) is 80.1 Å². The van der Waals surface area contributed by atoms with Crippen LogP contribution in [0.4, 0.5) is 11.5 Å². The summed E-state index contributed by atoms with van der Waals surface area (Å²) in [4.78, 5) is 38.3. The van der Waals surface area contributed by atoms with Crippen LogP contribution in [0.25, 0.3) is 11.2 Å². The summed E-state index contributed by atoms with van der Waals surface area (Å²) in [5.74, 6) is 0.154. The van der Waals surface area contributed by atoms with Gasteiger partial charge in [-0.2, -0.15) is 0 Å². The van der Waals surface area contributed by atoms with Gasteiger partial charge in [0.05, 0.1) is 12.5 Å². The first-order chi connectivity index (χ1) is 17.9.